The van der Waals surface area contributed by atoms with E-state index in [1.54, 1.807) is 12.4 Å². The van der Waals surface area contributed by atoms with Gasteiger partial charge in [-0.2, -0.15) is 0 Å². The van der Waals surface area contributed by atoms with Crippen molar-refractivity contribution in [2.24, 2.45) is 0 Å². The molecule has 19 heavy (non-hydrogen) atoms. The smallest absolute Gasteiger partial charge is 0.261 e. The molecule has 96 valence electrons. The van der Waals surface area contributed by atoms with Gasteiger partial charge in [0.2, 0.25) is 0 Å². The Morgan fingerprint density at radius 1 is 1.32 bits per heavy atom. The monoisotopic (exact) mass is 254 g/mol. The molecule has 0 spiro atoms. The number of ether oxygens (including phenoxy) is 1. The minimum absolute atomic E-state index is 0.0833. The maximum Gasteiger partial charge on any atom is 0.261 e. The first-order valence-electron chi connectivity index (χ1n) is 6.24. The van der Waals surface area contributed by atoms with E-state index < -0.39 is 6.10 Å². The van der Waals surface area contributed by atoms with Crippen molar-refractivity contribution >= 4 is 5.91 Å². The van der Waals surface area contributed by atoms with E-state index in [0.717, 1.165) is 16.9 Å². The summed E-state index contributed by atoms with van der Waals surface area (Å²) >= 11 is 0. The molecule has 0 bridgehead atoms. The highest BCUT2D eigenvalue weighted by atomic mass is 16.5. The zero-order valence-corrected chi connectivity index (χ0v) is 10.4. The summed E-state index contributed by atoms with van der Waals surface area (Å²) in [5, 5.41) is 2.87. The Kier molecular flexibility index (Phi) is 3.14. The van der Waals surface area contributed by atoms with Crippen LogP contribution >= 0.6 is 0 Å². The van der Waals surface area contributed by atoms with Crippen LogP contribution in [0.5, 0.6) is 5.75 Å². The van der Waals surface area contributed by atoms with Crippen LogP contribution < -0.4 is 10.1 Å². The van der Waals surface area contributed by atoms with Crippen molar-refractivity contribution < 1.29 is 9.53 Å². The van der Waals surface area contributed by atoms with Crippen LogP contribution in [0.4, 0.5) is 0 Å². The summed E-state index contributed by atoms with van der Waals surface area (Å²) in [6.45, 7) is 0.475. The van der Waals surface area contributed by atoms with Gasteiger partial charge >= 0.3 is 0 Å². The molecular formula is C15H14N2O2. The summed E-state index contributed by atoms with van der Waals surface area (Å²) in [4.78, 5) is 16.0. The first-order chi connectivity index (χ1) is 9.33. The number of nitrogens with one attached hydrogen (secondary N) is 1. The number of para-hydroxylation sites is 1. The third-order valence-corrected chi connectivity index (χ3v) is 3.13. The molecule has 1 atom stereocenters. The molecule has 1 amide bonds. The van der Waals surface area contributed by atoms with E-state index in [-0.39, 0.29) is 5.91 Å². The predicted molar refractivity (Wildman–Crippen MR) is 70.6 cm³/mol. The predicted octanol–water partition coefficient (Wildman–Crippen LogP) is 1.70. The number of carbonyl (C=O) groups is 1. The maximum atomic E-state index is 12.0. The average Bonchev–Trinajstić information content (AvgIpc) is 2.90. The van der Waals surface area contributed by atoms with Crippen LogP contribution in [0.1, 0.15) is 11.1 Å². The molecule has 1 aromatic heterocycles. The van der Waals surface area contributed by atoms with Gasteiger partial charge in [0.15, 0.2) is 6.10 Å². The number of carbonyl (C=O) groups excluding carboxylic acids is 1. The van der Waals surface area contributed by atoms with E-state index >= 15 is 0 Å². The number of aromatic nitrogens is 1. The quantitative estimate of drug-likeness (QED) is 0.907. The number of benzene rings is 1. The van der Waals surface area contributed by atoms with Crippen molar-refractivity contribution in [2.75, 3.05) is 0 Å². The number of hydrogen-bond acceptors (Lipinski definition) is 3. The van der Waals surface area contributed by atoms with Crippen LogP contribution in [0.15, 0.2) is 48.8 Å². The summed E-state index contributed by atoms with van der Waals surface area (Å²) in [7, 11) is 0. The highest BCUT2D eigenvalue weighted by molar-refractivity contribution is 5.82. The van der Waals surface area contributed by atoms with Crippen LogP contribution in [0.2, 0.25) is 0 Å². The summed E-state index contributed by atoms with van der Waals surface area (Å²) in [5.41, 5.74) is 2.07. The van der Waals surface area contributed by atoms with Crippen molar-refractivity contribution in [3.63, 3.8) is 0 Å². The van der Waals surface area contributed by atoms with Crippen LogP contribution in [0.3, 0.4) is 0 Å². The molecule has 4 heteroatoms. The third-order valence-electron chi connectivity index (χ3n) is 3.13. The number of nitrogens with zero attached hydrogens (tertiary/aromatic N) is 1. The zero-order chi connectivity index (χ0) is 13.1. The van der Waals surface area contributed by atoms with Gasteiger partial charge in [-0.3, -0.25) is 9.78 Å². The van der Waals surface area contributed by atoms with Crippen molar-refractivity contribution in [1.82, 2.24) is 10.3 Å². The van der Waals surface area contributed by atoms with Gasteiger partial charge in [-0.05, 0) is 23.3 Å². The minimum atomic E-state index is -0.422. The van der Waals surface area contributed by atoms with E-state index in [2.05, 4.69) is 10.3 Å². The van der Waals surface area contributed by atoms with Crippen molar-refractivity contribution in [1.29, 1.82) is 0 Å². The second-order valence-electron chi connectivity index (χ2n) is 4.50. The fraction of sp³-hybridized carbons (Fsp3) is 0.200. The van der Waals surface area contributed by atoms with Crippen LogP contribution in [0, 0.1) is 0 Å². The van der Waals surface area contributed by atoms with Gasteiger partial charge in [0, 0.05) is 25.4 Å². The first-order valence-corrected chi connectivity index (χ1v) is 6.24. The lowest BCUT2D eigenvalue weighted by molar-refractivity contribution is -0.127. The second kappa shape index (κ2) is 5.10. The lowest BCUT2D eigenvalue weighted by Gasteiger charge is -2.11. The lowest BCUT2D eigenvalue weighted by atomic mass is 10.1. The number of amides is 1. The highest BCUT2D eigenvalue weighted by Gasteiger charge is 2.28. The topological polar surface area (TPSA) is 51.2 Å². The van der Waals surface area contributed by atoms with Gasteiger partial charge in [-0.25, -0.2) is 0 Å². The standard InChI is InChI=1S/C15H14N2O2/c18-15(17-10-11-4-3-7-16-9-11)14-8-12-5-1-2-6-13(12)19-14/h1-7,9,14H,8,10H2,(H,17,18). The molecule has 4 nitrogen and oxygen atoms in total. The number of rotatable bonds is 3. The first kappa shape index (κ1) is 11.7. The molecule has 0 fully saturated rings. The number of fused-ring (bicyclic) bond motifs is 1. The van der Waals surface area contributed by atoms with Crippen LogP contribution in [-0.4, -0.2) is 17.0 Å². The Bertz CT molecular complexity index is 559. The van der Waals surface area contributed by atoms with Gasteiger partial charge in [0.25, 0.3) is 5.91 Å². The minimum Gasteiger partial charge on any atom is -0.480 e. The van der Waals surface area contributed by atoms with Gasteiger partial charge in [0.05, 0.1) is 0 Å². The van der Waals surface area contributed by atoms with Crippen molar-refractivity contribution in [2.45, 2.75) is 19.1 Å². The maximum absolute atomic E-state index is 12.0. The van der Waals surface area contributed by atoms with Crippen molar-refractivity contribution in [3.05, 3.63) is 59.9 Å². The molecule has 0 aliphatic carbocycles. The summed E-state index contributed by atoms with van der Waals surface area (Å²) in [6, 6.07) is 11.5. The normalized spacial score (nSPS) is 16.5. The van der Waals surface area contributed by atoms with Gasteiger partial charge in [-0.15, -0.1) is 0 Å². The van der Waals surface area contributed by atoms with E-state index in [1.807, 2.05) is 36.4 Å². The van der Waals surface area contributed by atoms with Gasteiger partial charge < -0.3 is 10.1 Å². The fourth-order valence-electron chi connectivity index (χ4n) is 2.13. The summed E-state index contributed by atoms with van der Waals surface area (Å²) < 4.78 is 5.63. The average molecular weight is 254 g/mol. The lowest BCUT2D eigenvalue weighted by Crippen LogP contribution is -2.37. The Balaban J connectivity index is 1.58. The van der Waals surface area contributed by atoms with Crippen LogP contribution in [0.25, 0.3) is 0 Å². The Labute approximate surface area is 111 Å². The van der Waals surface area contributed by atoms with E-state index in [0.29, 0.717) is 13.0 Å². The third kappa shape index (κ3) is 2.57. The SMILES string of the molecule is O=C(NCc1cccnc1)C1Cc2ccccc2O1. The molecule has 1 aromatic carbocycles. The molecule has 0 saturated carbocycles. The van der Waals surface area contributed by atoms with Gasteiger partial charge in [-0.1, -0.05) is 24.3 Å². The number of pyridine rings is 1. The molecule has 1 unspecified atom stereocenters. The molecule has 3 rings (SSSR count). The van der Waals surface area contributed by atoms with Crippen molar-refractivity contribution in [3.8, 4) is 5.75 Å². The largest absolute Gasteiger partial charge is 0.480 e. The summed E-state index contributed by atoms with van der Waals surface area (Å²) in [5.74, 6) is 0.726. The Hall–Kier alpha value is -2.36. The molecule has 1 N–H and O–H groups in total. The fourth-order valence-corrected chi connectivity index (χ4v) is 2.13. The summed E-state index contributed by atoms with van der Waals surface area (Å²) in [6.07, 6.45) is 3.66. The Morgan fingerprint density at radius 2 is 2.21 bits per heavy atom. The molecule has 1 aliphatic heterocycles. The molecule has 0 saturated heterocycles. The molecule has 1 aliphatic rings. The second-order valence-corrected chi connectivity index (χ2v) is 4.50. The zero-order valence-electron chi connectivity index (χ0n) is 10.4. The highest BCUT2D eigenvalue weighted by Crippen LogP contribution is 2.28. The molecular weight excluding hydrogens is 240 g/mol. The number of hydrogen-bond donors (Lipinski definition) is 1. The van der Waals surface area contributed by atoms with E-state index in [9.17, 15) is 4.79 Å². The molecule has 2 aromatic rings. The van der Waals surface area contributed by atoms with Crippen LogP contribution in [-0.2, 0) is 17.8 Å². The van der Waals surface area contributed by atoms with Gasteiger partial charge in [0.1, 0.15) is 5.75 Å². The molecule has 2 heterocycles. The van der Waals surface area contributed by atoms with E-state index in [4.69, 9.17) is 4.74 Å². The van der Waals surface area contributed by atoms with E-state index in [1.165, 1.54) is 0 Å². The molecule has 0 radical (unpaired) electrons. The Morgan fingerprint density at radius 3 is 3.00 bits per heavy atom.